The molecule has 3 fully saturated rings. The fraction of sp³-hybridized carbons (Fsp3) is 0.500. The molecule has 1 aromatic rings. The third-order valence-electron chi connectivity index (χ3n) is 4.28. The van der Waals surface area contributed by atoms with Crippen molar-refractivity contribution in [1.29, 1.82) is 0 Å². The van der Waals surface area contributed by atoms with Gasteiger partial charge in [0.1, 0.15) is 0 Å². The second-order valence-electron chi connectivity index (χ2n) is 5.75. The van der Waals surface area contributed by atoms with Crippen LogP contribution in [0.15, 0.2) is 30.8 Å². The Labute approximate surface area is 132 Å². The first-order valence-electron chi connectivity index (χ1n) is 7.94. The zero-order chi connectivity index (χ0) is 15.9. The number of esters is 1. The number of aliphatic hydroxyl groups excluding tert-OH is 1. The van der Waals surface area contributed by atoms with Crippen molar-refractivity contribution in [3.8, 4) is 0 Å². The van der Waals surface area contributed by atoms with E-state index in [1.165, 1.54) is 25.9 Å². The second-order valence-corrected chi connectivity index (χ2v) is 5.75. The maximum Gasteiger partial charge on any atom is 0.338 e. The molecule has 1 atom stereocenters. The Hall–Kier alpha value is -1.65. The summed E-state index contributed by atoms with van der Waals surface area (Å²) in [7, 11) is 0. The average molecular weight is 303 g/mol. The molecule has 3 aliphatic heterocycles. The molecule has 2 bridgehead atoms. The molecule has 0 saturated carbocycles. The highest BCUT2D eigenvalue weighted by Gasteiger charge is 2.32. The summed E-state index contributed by atoms with van der Waals surface area (Å²) < 4.78 is 4.84. The Morgan fingerprint density at radius 2 is 2.00 bits per heavy atom. The molecule has 22 heavy (non-hydrogen) atoms. The highest BCUT2D eigenvalue weighted by atomic mass is 16.5. The number of fused-ring (bicyclic) bond motifs is 3. The highest BCUT2D eigenvalue weighted by molar-refractivity contribution is 5.89. The number of carbonyl (C=O) groups is 1. The van der Waals surface area contributed by atoms with Gasteiger partial charge in [-0.2, -0.15) is 0 Å². The van der Waals surface area contributed by atoms with E-state index in [2.05, 4.69) is 11.5 Å². The Morgan fingerprint density at radius 1 is 1.36 bits per heavy atom. The lowest BCUT2D eigenvalue weighted by Crippen LogP contribution is -2.50. The molecule has 0 radical (unpaired) electrons. The van der Waals surface area contributed by atoms with E-state index in [-0.39, 0.29) is 12.1 Å². The summed E-state index contributed by atoms with van der Waals surface area (Å²) in [5.74, 6) is 0.355. The van der Waals surface area contributed by atoms with Crippen LogP contribution in [0.3, 0.4) is 0 Å². The van der Waals surface area contributed by atoms with Crippen molar-refractivity contribution in [2.45, 2.75) is 25.9 Å². The number of hydrogen-bond acceptors (Lipinski definition) is 4. The monoisotopic (exact) mass is 303 g/mol. The van der Waals surface area contributed by atoms with Crippen molar-refractivity contribution in [1.82, 2.24) is 4.90 Å². The van der Waals surface area contributed by atoms with Gasteiger partial charge in [0, 0.05) is 6.54 Å². The third kappa shape index (κ3) is 4.42. The number of rotatable bonds is 3. The predicted molar refractivity (Wildman–Crippen MR) is 87.7 cm³/mol. The lowest BCUT2D eigenvalue weighted by atomic mass is 9.86. The second kappa shape index (κ2) is 8.11. The fourth-order valence-electron chi connectivity index (χ4n) is 2.90. The molecule has 4 heteroatoms. The van der Waals surface area contributed by atoms with E-state index >= 15 is 0 Å². The van der Waals surface area contributed by atoms with Crippen LogP contribution >= 0.6 is 0 Å². The lowest BCUT2D eigenvalue weighted by molar-refractivity contribution is -0.0227. The Morgan fingerprint density at radius 3 is 2.36 bits per heavy atom. The summed E-state index contributed by atoms with van der Waals surface area (Å²) in [6, 6.07) is 7.13. The third-order valence-corrected chi connectivity index (χ3v) is 4.28. The molecule has 1 unspecified atom stereocenters. The SMILES string of the molecule is C=Cc1ccc(C(=O)OCC)cc1.OC1CN2CCC1CC2. The van der Waals surface area contributed by atoms with Gasteiger partial charge in [-0.3, -0.25) is 0 Å². The molecule has 0 aromatic heterocycles. The van der Waals surface area contributed by atoms with Crippen LogP contribution in [0, 0.1) is 5.92 Å². The molecule has 4 rings (SSSR count). The number of aliphatic hydroxyl groups is 1. The molecule has 1 aromatic carbocycles. The molecule has 3 saturated heterocycles. The van der Waals surface area contributed by atoms with Crippen LogP contribution in [-0.4, -0.2) is 48.3 Å². The summed E-state index contributed by atoms with van der Waals surface area (Å²) in [5, 5.41) is 9.36. The lowest BCUT2D eigenvalue weighted by Gasteiger charge is -2.42. The van der Waals surface area contributed by atoms with E-state index in [0.717, 1.165) is 12.1 Å². The molecule has 0 amide bonds. The van der Waals surface area contributed by atoms with Crippen molar-refractivity contribution < 1.29 is 14.6 Å². The van der Waals surface area contributed by atoms with Gasteiger partial charge >= 0.3 is 5.97 Å². The number of piperidine rings is 3. The molecule has 3 heterocycles. The van der Waals surface area contributed by atoms with Gasteiger partial charge in [-0.15, -0.1) is 0 Å². The maximum atomic E-state index is 11.2. The summed E-state index contributed by atoms with van der Waals surface area (Å²) in [6.07, 6.45) is 4.17. The number of carbonyl (C=O) groups excluding carboxylic acids is 1. The van der Waals surface area contributed by atoms with Gasteiger partial charge < -0.3 is 14.7 Å². The summed E-state index contributed by atoms with van der Waals surface area (Å²) in [4.78, 5) is 13.5. The van der Waals surface area contributed by atoms with Crippen molar-refractivity contribution in [2.24, 2.45) is 5.92 Å². The van der Waals surface area contributed by atoms with Crippen LogP contribution in [0.5, 0.6) is 0 Å². The quantitative estimate of drug-likeness (QED) is 0.872. The van der Waals surface area contributed by atoms with E-state index in [4.69, 9.17) is 4.74 Å². The van der Waals surface area contributed by atoms with E-state index < -0.39 is 0 Å². The number of nitrogens with zero attached hydrogens (tertiary/aromatic N) is 1. The number of hydrogen-bond donors (Lipinski definition) is 1. The number of benzene rings is 1. The van der Waals surface area contributed by atoms with Crippen LogP contribution in [-0.2, 0) is 4.74 Å². The first-order chi connectivity index (χ1) is 10.6. The van der Waals surface area contributed by atoms with Gasteiger partial charge in [0.15, 0.2) is 0 Å². The Kier molecular flexibility index (Phi) is 6.16. The number of ether oxygens (including phenoxy) is 1. The van der Waals surface area contributed by atoms with Crippen LogP contribution < -0.4 is 0 Å². The molecule has 0 spiro atoms. The standard InChI is InChI=1S/C11H12O2.C7H13NO/c1-3-9-5-7-10(8-6-9)11(12)13-4-2;9-7-5-8-3-1-6(7)2-4-8/h3,5-8H,1,4H2,2H3;6-7,9H,1-5H2. The zero-order valence-corrected chi connectivity index (χ0v) is 13.2. The minimum absolute atomic E-state index is 0.00694. The van der Waals surface area contributed by atoms with E-state index in [9.17, 15) is 9.90 Å². The smallest absolute Gasteiger partial charge is 0.338 e. The molecule has 120 valence electrons. The normalized spacial score (nSPS) is 25.8. The van der Waals surface area contributed by atoms with Gasteiger partial charge in [0.2, 0.25) is 0 Å². The van der Waals surface area contributed by atoms with Gasteiger partial charge in [0.05, 0.1) is 18.3 Å². The largest absolute Gasteiger partial charge is 0.462 e. The molecule has 0 aliphatic carbocycles. The highest BCUT2D eigenvalue weighted by Crippen LogP contribution is 2.26. The minimum atomic E-state index is -0.280. The van der Waals surface area contributed by atoms with Crippen LogP contribution in [0.2, 0.25) is 0 Å². The van der Waals surface area contributed by atoms with Crippen LogP contribution in [0.4, 0.5) is 0 Å². The Balaban J connectivity index is 0.000000170. The minimum Gasteiger partial charge on any atom is -0.462 e. The molecule has 3 aliphatic rings. The maximum absolute atomic E-state index is 11.2. The van der Waals surface area contributed by atoms with Gasteiger partial charge in [-0.05, 0) is 56.5 Å². The summed E-state index contributed by atoms with van der Waals surface area (Å²) >= 11 is 0. The van der Waals surface area contributed by atoms with Crippen molar-refractivity contribution in [3.63, 3.8) is 0 Å². The van der Waals surface area contributed by atoms with Gasteiger partial charge in [-0.25, -0.2) is 4.79 Å². The summed E-state index contributed by atoms with van der Waals surface area (Å²) in [6.45, 7) is 9.20. The summed E-state index contributed by atoms with van der Waals surface area (Å²) in [5.41, 5.74) is 1.57. The molecular formula is C18H25NO3. The average Bonchev–Trinajstić information content (AvgIpc) is 2.57. The topological polar surface area (TPSA) is 49.8 Å². The van der Waals surface area contributed by atoms with Gasteiger partial charge in [-0.1, -0.05) is 24.8 Å². The van der Waals surface area contributed by atoms with Gasteiger partial charge in [0.25, 0.3) is 0 Å². The molecular weight excluding hydrogens is 278 g/mol. The zero-order valence-electron chi connectivity index (χ0n) is 13.2. The Bertz CT molecular complexity index is 490. The van der Waals surface area contributed by atoms with Crippen molar-refractivity contribution in [3.05, 3.63) is 42.0 Å². The first-order valence-corrected chi connectivity index (χ1v) is 7.94. The molecule has 4 nitrogen and oxygen atoms in total. The van der Waals surface area contributed by atoms with E-state index in [1.807, 2.05) is 12.1 Å². The van der Waals surface area contributed by atoms with Crippen molar-refractivity contribution in [2.75, 3.05) is 26.2 Å². The fourth-order valence-corrected chi connectivity index (χ4v) is 2.90. The molecule has 1 N–H and O–H groups in total. The first kappa shape index (κ1) is 16.7. The predicted octanol–water partition coefficient (Wildman–Crippen LogP) is 2.58. The van der Waals surface area contributed by atoms with E-state index in [1.54, 1.807) is 25.1 Å². The van der Waals surface area contributed by atoms with Crippen LogP contribution in [0.25, 0.3) is 6.08 Å². The van der Waals surface area contributed by atoms with Crippen molar-refractivity contribution >= 4 is 12.0 Å². The van der Waals surface area contributed by atoms with Crippen LogP contribution in [0.1, 0.15) is 35.7 Å². The van der Waals surface area contributed by atoms with E-state index in [0.29, 0.717) is 18.1 Å².